The van der Waals surface area contributed by atoms with E-state index in [1.54, 1.807) is 6.07 Å². The summed E-state index contributed by atoms with van der Waals surface area (Å²) in [6.45, 7) is 1.01. The predicted octanol–water partition coefficient (Wildman–Crippen LogP) is 3.02. The molecule has 2 aromatic carbocycles. The van der Waals surface area contributed by atoms with Gasteiger partial charge in [-0.3, -0.25) is 4.79 Å². The highest BCUT2D eigenvalue weighted by Crippen LogP contribution is 2.15. The molecule has 0 unspecified atom stereocenters. The molecule has 0 saturated heterocycles. The molecule has 0 heterocycles. The van der Waals surface area contributed by atoms with Crippen LogP contribution in [0.3, 0.4) is 0 Å². The summed E-state index contributed by atoms with van der Waals surface area (Å²) in [6.07, 6.45) is 0.837. The van der Waals surface area contributed by atoms with E-state index in [1.165, 1.54) is 17.7 Å². The Morgan fingerprint density at radius 1 is 1.14 bits per heavy atom. The van der Waals surface area contributed by atoms with Crippen molar-refractivity contribution in [3.05, 3.63) is 69.4 Å². The van der Waals surface area contributed by atoms with Crippen LogP contribution < -0.4 is 11.1 Å². The van der Waals surface area contributed by atoms with Gasteiger partial charge in [0, 0.05) is 16.6 Å². The van der Waals surface area contributed by atoms with Gasteiger partial charge in [0.25, 0.3) is 5.91 Å². The van der Waals surface area contributed by atoms with Gasteiger partial charge < -0.3 is 11.1 Å². The van der Waals surface area contributed by atoms with Crippen molar-refractivity contribution in [3.63, 3.8) is 0 Å². The molecule has 2 aromatic rings. The number of amides is 1. The van der Waals surface area contributed by atoms with E-state index in [9.17, 15) is 9.18 Å². The van der Waals surface area contributed by atoms with Crippen molar-refractivity contribution in [2.75, 3.05) is 6.54 Å². The van der Waals surface area contributed by atoms with Crippen molar-refractivity contribution in [1.29, 1.82) is 0 Å². The zero-order valence-corrected chi connectivity index (χ0v) is 13.0. The third-order valence-corrected chi connectivity index (χ3v) is 3.49. The third kappa shape index (κ3) is 4.65. The van der Waals surface area contributed by atoms with Gasteiger partial charge in [-0.2, -0.15) is 0 Å². The number of hydrogen-bond acceptors (Lipinski definition) is 2. The highest BCUT2D eigenvalue weighted by Gasteiger charge is 2.08. The summed E-state index contributed by atoms with van der Waals surface area (Å²) in [5, 5.41) is 2.77. The second-order valence-corrected chi connectivity index (χ2v) is 5.61. The molecule has 2 rings (SSSR count). The van der Waals surface area contributed by atoms with Crippen LogP contribution in [0.2, 0.25) is 0 Å². The number of halogens is 2. The lowest BCUT2D eigenvalue weighted by molar-refractivity contribution is 0.0950. The number of carbonyl (C=O) groups is 1. The molecule has 0 aromatic heterocycles. The number of nitrogens with one attached hydrogen (secondary N) is 1. The normalized spacial score (nSPS) is 10.4. The van der Waals surface area contributed by atoms with Gasteiger partial charge in [0.15, 0.2) is 0 Å². The van der Waals surface area contributed by atoms with Crippen molar-refractivity contribution in [1.82, 2.24) is 5.32 Å². The lowest BCUT2D eigenvalue weighted by Gasteiger charge is -2.07. The van der Waals surface area contributed by atoms with Crippen molar-refractivity contribution in [2.24, 2.45) is 5.73 Å². The minimum atomic E-state index is -0.444. The molecule has 21 heavy (non-hydrogen) atoms. The zero-order valence-electron chi connectivity index (χ0n) is 11.4. The Labute approximate surface area is 131 Å². The van der Waals surface area contributed by atoms with Gasteiger partial charge in [0.05, 0.1) is 0 Å². The van der Waals surface area contributed by atoms with E-state index in [4.69, 9.17) is 5.73 Å². The van der Waals surface area contributed by atoms with E-state index >= 15 is 0 Å². The van der Waals surface area contributed by atoms with Crippen LogP contribution in [0.5, 0.6) is 0 Å². The Kier molecular flexibility index (Phi) is 5.47. The maximum absolute atomic E-state index is 13.2. The van der Waals surface area contributed by atoms with Crippen molar-refractivity contribution < 1.29 is 9.18 Å². The summed E-state index contributed by atoms with van der Waals surface area (Å²) in [5.74, 6) is -0.748. The lowest BCUT2D eigenvalue weighted by Crippen LogP contribution is -2.22. The molecule has 0 fully saturated rings. The monoisotopic (exact) mass is 350 g/mol. The first-order chi connectivity index (χ1) is 10.1. The predicted molar refractivity (Wildman–Crippen MR) is 84.5 cm³/mol. The fraction of sp³-hybridized carbons (Fsp3) is 0.188. The molecular weight excluding hydrogens is 335 g/mol. The second-order valence-electron chi connectivity index (χ2n) is 4.70. The second kappa shape index (κ2) is 7.33. The minimum absolute atomic E-state index is 0.293. The topological polar surface area (TPSA) is 55.1 Å². The molecule has 0 aliphatic rings. The molecule has 0 saturated carbocycles. The molecule has 0 bridgehead atoms. The Morgan fingerprint density at radius 2 is 1.81 bits per heavy atom. The Bertz CT molecular complexity index is 608. The van der Waals surface area contributed by atoms with E-state index in [-0.39, 0.29) is 5.91 Å². The van der Waals surface area contributed by atoms with Crippen LogP contribution in [0.15, 0.2) is 46.9 Å². The average Bonchev–Trinajstić information content (AvgIpc) is 2.45. The van der Waals surface area contributed by atoms with Crippen LogP contribution in [0.1, 0.15) is 21.5 Å². The largest absolute Gasteiger partial charge is 0.348 e. The van der Waals surface area contributed by atoms with Crippen LogP contribution in [0.25, 0.3) is 0 Å². The van der Waals surface area contributed by atoms with Gasteiger partial charge in [0.1, 0.15) is 5.82 Å². The van der Waals surface area contributed by atoms with E-state index in [2.05, 4.69) is 21.2 Å². The number of benzene rings is 2. The van der Waals surface area contributed by atoms with Gasteiger partial charge in [-0.05, 0) is 42.3 Å². The highest BCUT2D eigenvalue weighted by atomic mass is 79.9. The van der Waals surface area contributed by atoms with Crippen molar-refractivity contribution in [3.8, 4) is 0 Å². The lowest BCUT2D eigenvalue weighted by atomic mass is 10.1. The van der Waals surface area contributed by atoms with Gasteiger partial charge in [-0.25, -0.2) is 4.39 Å². The SMILES string of the molecule is NCCc1ccc(CNC(=O)c2cc(F)cc(Br)c2)cc1. The highest BCUT2D eigenvalue weighted by molar-refractivity contribution is 9.10. The maximum Gasteiger partial charge on any atom is 0.251 e. The first kappa shape index (κ1) is 15.7. The van der Waals surface area contributed by atoms with Gasteiger partial charge in [-0.1, -0.05) is 40.2 Å². The molecule has 1 amide bonds. The first-order valence-electron chi connectivity index (χ1n) is 6.60. The Morgan fingerprint density at radius 3 is 2.43 bits per heavy atom. The van der Waals surface area contributed by atoms with E-state index in [0.29, 0.717) is 23.1 Å². The molecule has 0 spiro atoms. The van der Waals surface area contributed by atoms with Crippen LogP contribution >= 0.6 is 15.9 Å². The number of hydrogen-bond donors (Lipinski definition) is 2. The minimum Gasteiger partial charge on any atom is -0.348 e. The summed E-state index contributed by atoms with van der Waals surface area (Å²) >= 11 is 3.17. The van der Waals surface area contributed by atoms with Crippen LogP contribution in [0.4, 0.5) is 4.39 Å². The molecular formula is C16H16BrFN2O. The molecule has 5 heteroatoms. The van der Waals surface area contributed by atoms with Crippen LogP contribution in [-0.4, -0.2) is 12.5 Å². The van der Waals surface area contributed by atoms with E-state index in [0.717, 1.165) is 12.0 Å². The summed E-state index contributed by atoms with van der Waals surface area (Å²) in [4.78, 5) is 12.0. The smallest absolute Gasteiger partial charge is 0.251 e. The van der Waals surface area contributed by atoms with Crippen molar-refractivity contribution >= 4 is 21.8 Å². The first-order valence-corrected chi connectivity index (χ1v) is 7.40. The summed E-state index contributed by atoms with van der Waals surface area (Å²) in [6, 6.07) is 12.0. The molecule has 0 atom stereocenters. The van der Waals surface area contributed by atoms with Crippen LogP contribution in [0, 0.1) is 5.82 Å². The Hall–Kier alpha value is -1.72. The van der Waals surface area contributed by atoms with Crippen LogP contribution in [-0.2, 0) is 13.0 Å². The number of carbonyl (C=O) groups excluding carboxylic acids is 1. The number of rotatable bonds is 5. The van der Waals surface area contributed by atoms with Gasteiger partial charge in [0.2, 0.25) is 0 Å². The average molecular weight is 351 g/mol. The summed E-state index contributed by atoms with van der Waals surface area (Å²) in [7, 11) is 0. The molecule has 3 nitrogen and oxygen atoms in total. The molecule has 110 valence electrons. The standard InChI is InChI=1S/C16H16BrFN2O/c17-14-7-13(8-15(18)9-14)16(21)20-10-12-3-1-11(2-4-12)5-6-19/h1-4,7-9H,5-6,10,19H2,(H,20,21). The summed E-state index contributed by atoms with van der Waals surface area (Å²) in [5.41, 5.74) is 7.94. The van der Waals surface area contributed by atoms with Gasteiger partial charge in [-0.15, -0.1) is 0 Å². The Balaban J connectivity index is 1.97. The molecule has 0 aliphatic heterocycles. The molecule has 3 N–H and O–H groups in total. The fourth-order valence-electron chi connectivity index (χ4n) is 1.96. The molecule has 0 radical (unpaired) electrons. The fourth-order valence-corrected chi connectivity index (χ4v) is 2.43. The molecule has 0 aliphatic carbocycles. The summed E-state index contributed by atoms with van der Waals surface area (Å²) < 4.78 is 13.8. The maximum atomic E-state index is 13.2. The third-order valence-electron chi connectivity index (χ3n) is 3.03. The van der Waals surface area contributed by atoms with Crippen molar-refractivity contribution in [2.45, 2.75) is 13.0 Å². The van der Waals surface area contributed by atoms with E-state index < -0.39 is 5.82 Å². The van der Waals surface area contributed by atoms with Gasteiger partial charge >= 0.3 is 0 Å². The number of nitrogens with two attached hydrogens (primary N) is 1. The quantitative estimate of drug-likeness (QED) is 0.870. The van der Waals surface area contributed by atoms with E-state index in [1.807, 2.05) is 24.3 Å². The zero-order chi connectivity index (χ0) is 15.2.